The van der Waals surface area contributed by atoms with Gasteiger partial charge >= 0.3 is 6.09 Å². The van der Waals surface area contributed by atoms with Gasteiger partial charge < -0.3 is 9.53 Å². The zero-order valence-corrected chi connectivity index (χ0v) is 15.2. The maximum Gasteiger partial charge on any atom is 0.411 e. The highest BCUT2D eigenvalue weighted by atomic mass is 35.5. The molecule has 1 aromatic heterocycles. The number of ether oxygens (including phenoxy) is 1. The summed E-state index contributed by atoms with van der Waals surface area (Å²) in [4.78, 5) is 30.1. The number of rotatable bonds is 3. The fraction of sp³-hybridized carbons (Fsp3) is 0.389. The van der Waals surface area contributed by atoms with Crippen LogP contribution >= 0.6 is 11.6 Å². The molecule has 1 aromatic carbocycles. The third kappa shape index (κ3) is 3.36. The Balaban J connectivity index is 2.60. The molecule has 0 saturated carbocycles. The van der Waals surface area contributed by atoms with Gasteiger partial charge in [-0.15, -0.1) is 0 Å². The Morgan fingerprint density at radius 2 is 1.92 bits per heavy atom. The van der Waals surface area contributed by atoms with Crippen LogP contribution in [0.4, 0.5) is 4.79 Å². The van der Waals surface area contributed by atoms with E-state index in [9.17, 15) is 9.59 Å². The maximum atomic E-state index is 12.5. The lowest BCUT2D eigenvalue weighted by atomic mass is 9.90. The van der Waals surface area contributed by atoms with Gasteiger partial charge in [0.1, 0.15) is 17.4 Å². The van der Waals surface area contributed by atoms with E-state index < -0.39 is 17.2 Å². The van der Waals surface area contributed by atoms with Gasteiger partial charge in [-0.2, -0.15) is 0 Å². The molecule has 2 aromatic rings. The zero-order chi connectivity index (χ0) is 18.1. The second-order valence-corrected chi connectivity index (χ2v) is 7.21. The van der Waals surface area contributed by atoms with Crippen LogP contribution in [0.3, 0.4) is 0 Å². The van der Waals surface area contributed by atoms with Crippen molar-refractivity contribution in [2.24, 2.45) is 0 Å². The molecule has 0 aliphatic heterocycles. The molecular weight excluding hydrogens is 328 g/mol. The average Bonchev–Trinajstić information content (AvgIpc) is 2.51. The second kappa shape index (κ2) is 6.40. The van der Waals surface area contributed by atoms with Crippen LogP contribution in [0.1, 0.15) is 33.3 Å². The van der Waals surface area contributed by atoms with Gasteiger partial charge in [0.15, 0.2) is 0 Å². The first kappa shape index (κ1) is 18.2. The molecule has 2 rings (SSSR count). The molecule has 128 valence electrons. The largest absolute Gasteiger partial charge is 0.444 e. The first-order valence-electron chi connectivity index (χ1n) is 7.57. The van der Waals surface area contributed by atoms with Crippen LogP contribution in [0, 0.1) is 0 Å². The number of hydrogen-bond acceptors (Lipinski definition) is 4. The van der Waals surface area contributed by atoms with Gasteiger partial charge in [0.25, 0.3) is 0 Å². The summed E-state index contributed by atoms with van der Waals surface area (Å²) in [5, 5.41) is 1.20. The van der Waals surface area contributed by atoms with Crippen molar-refractivity contribution in [2.45, 2.75) is 38.8 Å². The van der Waals surface area contributed by atoms with Gasteiger partial charge in [-0.25, -0.2) is 4.79 Å². The third-order valence-corrected chi connectivity index (χ3v) is 4.14. The number of benzene rings is 1. The highest BCUT2D eigenvalue weighted by Gasteiger charge is 2.39. The Morgan fingerprint density at radius 1 is 1.25 bits per heavy atom. The van der Waals surface area contributed by atoms with Gasteiger partial charge in [-0.05, 0) is 39.8 Å². The molecule has 0 saturated heterocycles. The van der Waals surface area contributed by atoms with Crippen LogP contribution in [0.5, 0.6) is 0 Å². The van der Waals surface area contributed by atoms with E-state index in [-0.39, 0.29) is 0 Å². The lowest BCUT2D eigenvalue weighted by Gasteiger charge is -2.36. The van der Waals surface area contributed by atoms with Crippen molar-refractivity contribution in [1.29, 1.82) is 0 Å². The predicted molar refractivity (Wildman–Crippen MR) is 94.2 cm³/mol. The standard InChI is InChI=1S/C18H21ClN2O3/c1-17(2,3)24-16(23)21(5)18(4,11-22)14-13(19)9-8-12-7-6-10-20-15(12)14/h6-11H,1-5H3. The van der Waals surface area contributed by atoms with E-state index in [0.717, 1.165) is 5.39 Å². The molecule has 1 unspecified atom stereocenters. The highest BCUT2D eigenvalue weighted by molar-refractivity contribution is 6.32. The quantitative estimate of drug-likeness (QED) is 0.781. The van der Waals surface area contributed by atoms with Gasteiger partial charge in [-0.1, -0.05) is 23.7 Å². The van der Waals surface area contributed by atoms with Crippen LogP contribution in [0.15, 0.2) is 30.5 Å². The first-order valence-corrected chi connectivity index (χ1v) is 7.95. The number of likely N-dealkylation sites (N-methyl/N-ethyl adjacent to an activating group) is 1. The number of halogens is 1. The minimum atomic E-state index is -1.31. The van der Waals surface area contributed by atoms with Gasteiger partial charge in [-0.3, -0.25) is 9.88 Å². The SMILES string of the molecule is CN(C(=O)OC(C)(C)C)C(C)(C=O)c1c(Cl)ccc2cccnc12. The van der Waals surface area contributed by atoms with Crippen molar-refractivity contribution in [3.05, 3.63) is 41.0 Å². The smallest absolute Gasteiger partial charge is 0.411 e. The lowest BCUT2D eigenvalue weighted by Crippen LogP contribution is -2.48. The molecule has 1 atom stereocenters. The van der Waals surface area contributed by atoms with Crippen LogP contribution in [0.2, 0.25) is 5.02 Å². The number of carbonyl (C=O) groups excluding carboxylic acids is 2. The van der Waals surface area contributed by atoms with E-state index in [1.807, 2.05) is 12.1 Å². The summed E-state index contributed by atoms with van der Waals surface area (Å²) < 4.78 is 5.39. The molecule has 5 nitrogen and oxygen atoms in total. The Kier molecular flexibility index (Phi) is 4.85. The summed E-state index contributed by atoms with van der Waals surface area (Å²) in [6.07, 6.45) is 1.70. The van der Waals surface area contributed by atoms with Gasteiger partial charge in [0.05, 0.1) is 5.52 Å². The fourth-order valence-corrected chi connectivity index (χ4v) is 2.77. The summed E-state index contributed by atoms with van der Waals surface area (Å²) in [5.74, 6) is 0. The molecule has 6 heteroatoms. The van der Waals surface area contributed by atoms with Gasteiger partial charge in [0.2, 0.25) is 0 Å². The molecule has 0 radical (unpaired) electrons. The minimum Gasteiger partial charge on any atom is -0.444 e. The molecule has 1 heterocycles. The number of hydrogen-bond donors (Lipinski definition) is 0. The molecule has 24 heavy (non-hydrogen) atoms. The molecule has 0 N–H and O–H groups in total. The van der Waals surface area contributed by atoms with E-state index in [4.69, 9.17) is 16.3 Å². The molecule has 0 fully saturated rings. The molecule has 0 aliphatic carbocycles. The zero-order valence-electron chi connectivity index (χ0n) is 14.5. The Labute approximate surface area is 146 Å². The molecule has 0 spiro atoms. The summed E-state index contributed by atoms with van der Waals surface area (Å²) in [5.41, 5.74) is -0.927. The number of aromatic nitrogens is 1. The van der Waals surface area contributed by atoms with Crippen molar-refractivity contribution in [1.82, 2.24) is 9.88 Å². The van der Waals surface area contributed by atoms with Crippen LogP contribution in [-0.2, 0) is 15.1 Å². The van der Waals surface area contributed by atoms with Gasteiger partial charge in [0, 0.05) is 29.2 Å². The number of fused-ring (bicyclic) bond motifs is 1. The summed E-state index contributed by atoms with van der Waals surface area (Å²) in [6, 6.07) is 7.20. The average molecular weight is 349 g/mol. The van der Waals surface area contributed by atoms with Crippen LogP contribution in [0.25, 0.3) is 10.9 Å². The topological polar surface area (TPSA) is 59.5 Å². The second-order valence-electron chi connectivity index (χ2n) is 6.80. The number of amides is 1. The predicted octanol–water partition coefficient (Wildman–Crippen LogP) is 4.17. The van der Waals surface area contributed by atoms with Crippen LogP contribution < -0.4 is 0 Å². The lowest BCUT2D eigenvalue weighted by molar-refractivity contribution is -0.117. The number of carbonyl (C=O) groups is 2. The summed E-state index contributed by atoms with van der Waals surface area (Å²) in [7, 11) is 1.51. The number of pyridine rings is 1. The normalized spacial score (nSPS) is 14.1. The van der Waals surface area contributed by atoms with Crippen molar-refractivity contribution in [2.75, 3.05) is 7.05 Å². The van der Waals surface area contributed by atoms with Crippen molar-refractivity contribution in [3.63, 3.8) is 0 Å². The van der Waals surface area contributed by atoms with Crippen molar-refractivity contribution in [3.8, 4) is 0 Å². The molecule has 0 bridgehead atoms. The van der Waals surface area contributed by atoms with E-state index >= 15 is 0 Å². The monoisotopic (exact) mass is 348 g/mol. The molecule has 0 aliphatic rings. The molecule has 1 amide bonds. The minimum absolute atomic E-state index is 0.367. The van der Waals surface area contributed by atoms with Crippen molar-refractivity contribution < 1.29 is 14.3 Å². The Morgan fingerprint density at radius 3 is 2.50 bits per heavy atom. The van der Waals surface area contributed by atoms with E-state index in [0.29, 0.717) is 22.4 Å². The van der Waals surface area contributed by atoms with E-state index in [2.05, 4.69) is 4.98 Å². The molecular formula is C18H21ClN2O3. The fourth-order valence-electron chi connectivity index (χ4n) is 2.43. The van der Waals surface area contributed by atoms with E-state index in [1.54, 1.807) is 46.0 Å². The van der Waals surface area contributed by atoms with Crippen molar-refractivity contribution >= 4 is 34.9 Å². The summed E-state index contributed by atoms with van der Waals surface area (Å²) >= 11 is 6.37. The Hall–Kier alpha value is -2.14. The van der Waals surface area contributed by atoms with E-state index in [1.165, 1.54) is 11.9 Å². The number of aldehydes is 1. The maximum absolute atomic E-state index is 12.5. The number of nitrogens with zero attached hydrogens (tertiary/aromatic N) is 2. The summed E-state index contributed by atoms with van der Waals surface area (Å²) in [6.45, 7) is 6.93. The third-order valence-electron chi connectivity index (χ3n) is 3.82. The first-order chi connectivity index (χ1) is 11.1. The Bertz CT molecular complexity index is 785. The van der Waals surface area contributed by atoms with Crippen LogP contribution in [-0.4, -0.2) is 34.9 Å². The highest BCUT2D eigenvalue weighted by Crippen LogP contribution is 2.36.